The molecule has 0 aromatic rings. The number of nitrogens with one attached hydrogen (secondary N) is 2. The Labute approximate surface area is 154 Å². The normalized spacial score (nSPS) is 10.1. The highest BCUT2D eigenvalue weighted by atomic mass is 16.5. The number of carbonyl (C=O) groups excluding carboxylic acids is 1. The van der Waals surface area contributed by atoms with Crippen molar-refractivity contribution in [2.45, 2.75) is 46.5 Å². The van der Waals surface area contributed by atoms with Gasteiger partial charge in [0.2, 0.25) is 5.91 Å². The van der Waals surface area contributed by atoms with E-state index in [0.29, 0.717) is 46.0 Å². The van der Waals surface area contributed by atoms with Gasteiger partial charge >= 0.3 is 0 Å². The largest absolute Gasteiger partial charge is 0.379 e. The second-order valence-corrected chi connectivity index (χ2v) is 5.45. The van der Waals surface area contributed by atoms with Crippen molar-refractivity contribution in [2.24, 2.45) is 0 Å². The molecule has 0 atom stereocenters. The molecule has 25 heavy (non-hydrogen) atoms. The molecule has 6 heteroatoms. The molecule has 0 unspecified atom stereocenters. The van der Waals surface area contributed by atoms with Gasteiger partial charge < -0.3 is 24.8 Å². The van der Waals surface area contributed by atoms with Crippen molar-refractivity contribution in [3.8, 4) is 0 Å². The molecule has 0 bridgehead atoms. The fraction of sp³-hybridized carbons (Fsp3) is 0.842. The standard InChI is InChI=1S/C17H34N2O4.C2H6/c1-16(2)6-7-17(20)19-9-5-11-22-13-15-23-14-12-21-10-4-8-18-3;1-2/h18H,1,4-15H2,2-3H3,(H,19,20);1-2H3. The predicted octanol–water partition coefficient (Wildman–Crippen LogP) is 2.53. The van der Waals surface area contributed by atoms with Crippen LogP contribution in [0.15, 0.2) is 12.2 Å². The maximum Gasteiger partial charge on any atom is 0.220 e. The molecule has 0 spiro atoms. The smallest absolute Gasteiger partial charge is 0.220 e. The summed E-state index contributed by atoms with van der Waals surface area (Å²) in [7, 11) is 1.93. The minimum atomic E-state index is 0.0750. The van der Waals surface area contributed by atoms with Crippen molar-refractivity contribution in [2.75, 3.05) is 59.8 Å². The summed E-state index contributed by atoms with van der Waals surface area (Å²) in [5.74, 6) is 0.0750. The van der Waals surface area contributed by atoms with Crippen LogP contribution in [0.3, 0.4) is 0 Å². The Kier molecular flexibility index (Phi) is 24.2. The summed E-state index contributed by atoms with van der Waals surface area (Å²) in [5.41, 5.74) is 1.03. The number of hydrogen-bond acceptors (Lipinski definition) is 5. The van der Waals surface area contributed by atoms with Crippen LogP contribution >= 0.6 is 0 Å². The lowest BCUT2D eigenvalue weighted by molar-refractivity contribution is -0.121. The Morgan fingerprint density at radius 1 is 0.840 bits per heavy atom. The van der Waals surface area contributed by atoms with Crippen molar-refractivity contribution in [3.05, 3.63) is 12.2 Å². The summed E-state index contributed by atoms with van der Waals surface area (Å²) < 4.78 is 16.2. The molecule has 0 saturated heterocycles. The van der Waals surface area contributed by atoms with E-state index in [1.807, 2.05) is 27.8 Å². The van der Waals surface area contributed by atoms with Crippen LogP contribution in [0.1, 0.15) is 46.5 Å². The van der Waals surface area contributed by atoms with Gasteiger partial charge in [0.15, 0.2) is 0 Å². The molecular weight excluding hydrogens is 320 g/mol. The molecular formula is C19H40N2O4. The van der Waals surface area contributed by atoms with Crippen LogP contribution in [-0.4, -0.2) is 65.7 Å². The number of carbonyl (C=O) groups is 1. The Morgan fingerprint density at radius 2 is 1.32 bits per heavy atom. The lowest BCUT2D eigenvalue weighted by Gasteiger charge is -2.07. The molecule has 6 nitrogen and oxygen atoms in total. The molecule has 0 aliphatic heterocycles. The van der Waals surface area contributed by atoms with Crippen molar-refractivity contribution in [1.29, 1.82) is 0 Å². The summed E-state index contributed by atoms with van der Waals surface area (Å²) in [6, 6.07) is 0. The first-order valence-corrected chi connectivity index (χ1v) is 9.45. The van der Waals surface area contributed by atoms with E-state index >= 15 is 0 Å². The lowest BCUT2D eigenvalue weighted by Crippen LogP contribution is -2.25. The van der Waals surface area contributed by atoms with Gasteiger partial charge in [-0.3, -0.25) is 4.79 Å². The van der Waals surface area contributed by atoms with E-state index in [4.69, 9.17) is 14.2 Å². The summed E-state index contributed by atoms with van der Waals surface area (Å²) in [4.78, 5) is 11.4. The van der Waals surface area contributed by atoms with Gasteiger partial charge in [0.25, 0.3) is 0 Å². The van der Waals surface area contributed by atoms with Gasteiger partial charge in [-0.15, -0.1) is 6.58 Å². The summed E-state index contributed by atoms with van der Waals surface area (Å²) in [6.07, 6.45) is 3.09. The van der Waals surface area contributed by atoms with Gasteiger partial charge in [-0.1, -0.05) is 19.4 Å². The number of allylic oxidation sites excluding steroid dienone is 1. The van der Waals surface area contributed by atoms with E-state index < -0.39 is 0 Å². The van der Waals surface area contributed by atoms with Crippen LogP contribution in [-0.2, 0) is 19.0 Å². The van der Waals surface area contributed by atoms with Crippen molar-refractivity contribution in [1.82, 2.24) is 10.6 Å². The second-order valence-electron chi connectivity index (χ2n) is 5.45. The average molecular weight is 361 g/mol. The fourth-order valence-corrected chi connectivity index (χ4v) is 1.71. The maximum absolute atomic E-state index is 11.4. The van der Waals surface area contributed by atoms with Gasteiger partial charge in [-0.2, -0.15) is 0 Å². The zero-order valence-corrected chi connectivity index (χ0v) is 16.8. The molecule has 0 aliphatic rings. The molecule has 2 N–H and O–H groups in total. The Hall–Kier alpha value is -0.950. The molecule has 0 radical (unpaired) electrons. The molecule has 0 aliphatic carbocycles. The quantitative estimate of drug-likeness (QED) is 0.308. The van der Waals surface area contributed by atoms with E-state index in [1.165, 1.54) is 0 Å². The van der Waals surface area contributed by atoms with Crippen LogP contribution in [0.2, 0.25) is 0 Å². The van der Waals surface area contributed by atoms with E-state index in [9.17, 15) is 4.79 Å². The number of amides is 1. The topological polar surface area (TPSA) is 68.8 Å². The Bertz CT molecular complexity index is 299. The third-order valence-electron chi connectivity index (χ3n) is 3.03. The molecule has 0 aromatic carbocycles. The minimum absolute atomic E-state index is 0.0750. The zero-order chi connectivity index (χ0) is 19.2. The van der Waals surface area contributed by atoms with Crippen LogP contribution in [0.25, 0.3) is 0 Å². The highest BCUT2D eigenvalue weighted by Gasteiger charge is 2.00. The number of ether oxygens (including phenoxy) is 3. The average Bonchev–Trinajstić information content (AvgIpc) is 2.62. The molecule has 1 amide bonds. The SMILES string of the molecule is C=C(C)CCC(=O)NCCCOCCOCCOCCCNC.CC. The van der Waals surface area contributed by atoms with Crippen LogP contribution in [0.5, 0.6) is 0 Å². The van der Waals surface area contributed by atoms with E-state index in [0.717, 1.165) is 38.0 Å². The summed E-state index contributed by atoms with van der Waals surface area (Å²) in [5, 5.41) is 5.94. The molecule has 0 saturated carbocycles. The van der Waals surface area contributed by atoms with E-state index in [-0.39, 0.29) is 5.91 Å². The first kappa shape index (κ1) is 26.3. The number of rotatable bonds is 17. The van der Waals surface area contributed by atoms with Crippen molar-refractivity contribution in [3.63, 3.8) is 0 Å². The zero-order valence-electron chi connectivity index (χ0n) is 16.8. The van der Waals surface area contributed by atoms with E-state index in [2.05, 4.69) is 17.2 Å². The molecule has 0 fully saturated rings. The first-order valence-electron chi connectivity index (χ1n) is 9.45. The van der Waals surface area contributed by atoms with E-state index in [1.54, 1.807) is 0 Å². The lowest BCUT2D eigenvalue weighted by atomic mass is 10.2. The second kappa shape index (κ2) is 23.1. The maximum atomic E-state index is 11.4. The molecule has 0 heterocycles. The molecule has 0 rings (SSSR count). The van der Waals surface area contributed by atoms with Crippen molar-refractivity contribution >= 4 is 5.91 Å². The molecule has 0 aromatic heterocycles. The van der Waals surface area contributed by atoms with Gasteiger partial charge in [0, 0.05) is 26.2 Å². The van der Waals surface area contributed by atoms with Gasteiger partial charge in [0.1, 0.15) is 0 Å². The number of hydrogen-bond donors (Lipinski definition) is 2. The van der Waals surface area contributed by atoms with Crippen LogP contribution in [0.4, 0.5) is 0 Å². The van der Waals surface area contributed by atoms with Crippen LogP contribution in [0, 0.1) is 0 Å². The molecule has 150 valence electrons. The summed E-state index contributed by atoms with van der Waals surface area (Å²) >= 11 is 0. The minimum Gasteiger partial charge on any atom is -0.379 e. The third-order valence-corrected chi connectivity index (χ3v) is 3.03. The van der Waals surface area contributed by atoms with Crippen LogP contribution < -0.4 is 10.6 Å². The summed E-state index contributed by atoms with van der Waals surface area (Å²) in [6.45, 7) is 15.1. The predicted molar refractivity (Wildman–Crippen MR) is 104 cm³/mol. The highest BCUT2D eigenvalue weighted by molar-refractivity contribution is 5.76. The van der Waals surface area contributed by atoms with Gasteiger partial charge in [-0.05, 0) is 39.8 Å². The Balaban J connectivity index is 0. The third kappa shape index (κ3) is 25.4. The highest BCUT2D eigenvalue weighted by Crippen LogP contribution is 1.99. The van der Waals surface area contributed by atoms with Crippen molar-refractivity contribution < 1.29 is 19.0 Å². The first-order chi connectivity index (χ1) is 12.2. The Morgan fingerprint density at radius 3 is 1.80 bits per heavy atom. The van der Waals surface area contributed by atoms with Gasteiger partial charge in [0.05, 0.1) is 26.4 Å². The van der Waals surface area contributed by atoms with Gasteiger partial charge in [-0.25, -0.2) is 0 Å². The monoisotopic (exact) mass is 360 g/mol. The fourth-order valence-electron chi connectivity index (χ4n) is 1.71.